The molecule has 1 aliphatic heterocycles. The molecule has 0 radical (unpaired) electrons. The maximum Gasteiger partial charge on any atom is 0.0363 e. The molecule has 7 nitrogen and oxygen atoms in total. The molecule has 0 unspecified atom stereocenters. The fraction of sp³-hybridized carbons (Fsp3) is 0.794. The van der Waals surface area contributed by atoms with E-state index >= 15 is 0 Å². The van der Waals surface area contributed by atoms with Crippen molar-refractivity contribution < 1.29 is 28.2 Å². The Morgan fingerprint density at radius 2 is 1.77 bits per heavy atom. The van der Waals surface area contributed by atoms with Crippen LogP contribution < -0.4 is 3.71 Å². The molecule has 0 aromatic carbocycles. The standard InChI is InChI=1S/C31H54NO6Si.3CH3.Sn/c1-11-12-27(34-9)14-13-25(8)17-29(38-39(22(2)3,23(4)5)24(6)7)28-18-26(21-33)19-31(35-10,37-28)20-30-32-15-16-36-30;;;;/h13-14,16-17,22-24,26-29,33H,11-12,18-21H2,1-10H3;3*1H3;/b14-13+,25-17+;;;;/t26-,27-,28-,29-,31+;;;;/m1..../s1. The maximum absolute atomic E-state index is 10.5. The number of rotatable bonds is 17. The Labute approximate surface area is 268 Å². The Hall–Kier alpha value is -0.494. The molecule has 1 saturated heterocycles. The van der Waals surface area contributed by atoms with Crippen LogP contribution in [-0.4, -0.2) is 81.7 Å². The van der Waals surface area contributed by atoms with Crippen molar-refractivity contribution in [3.8, 4) is 0 Å². The van der Waals surface area contributed by atoms with E-state index in [0.29, 0.717) is 41.8 Å². The summed E-state index contributed by atoms with van der Waals surface area (Å²) < 4.78 is 33.3. The molecule has 1 fully saturated rings. The summed E-state index contributed by atoms with van der Waals surface area (Å²) in [6, 6.07) is 0. The minimum atomic E-state index is -2.40. The Balaban J connectivity index is 2.58. The number of aliphatic hydroxyl groups excluding tert-OH is 1. The van der Waals surface area contributed by atoms with Crippen molar-refractivity contribution >= 4 is 30.4 Å². The maximum atomic E-state index is 10.5. The number of aromatic nitrogens is 1. The van der Waals surface area contributed by atoms with Crippen LogP contribution in [0.2, 0.25) is 31.4 Å². The van der Waals surface area contributed by atoms with E-state index in [9.17, 15) is 5.11 Å². The van der Waals surface area contributed by atoms with Crippen molar-refractivity contribution in [2.24, 2.45) is 5.92 Å². The summed E-state index contributed by atoms with van der Waals surface area (Å²) >= 11 is -2.40. The molecule has 1 N–H and O–H groups in total. The van der Waals surface area contributed by atoms with Gasteiger partial charge >= 0.3 is 232 Å². The van der Waals surface area contributed by atoms with Gasteiger partial charge in [-0.2, -0.15) is 0 Å². The smallest absolute Gasteiger partial charge is 0.0363 e. The van der Waals surface area contributed by atoms with Gasteiger partial charge in [-0.15, -0.1) is 0 Å². The largest absolute Gasteiger partial charge is 0.377 e. The first-order valence-electron chi connectivity index (χ1n) is 16.4. The molecule has 1 aromatic rings. The third-order valence-electron chi connectivity index (χ3n) is 9.19. The summed E-state index contributed by atoms with van der Waals surface area (Å²) in [5.74, 6) is -0.337. The van der Waals surface area contributed by atoms with Crippen LogP contribution in [-0.2, 0) is 25.1 Å². The van der Waals surface area contributed by atoms with Crippen LogP contribution in [0.5, 0.6) is 0 Å². The summed E-state index contributed by atoms with van der Waals surface area (Å²) in [7, 11) is 1.17. The van der Waals surface area contributed by atoms with Crippen LogP contribution >= 0.6 is 0 Å². The van der Waals surface area contributed by atoms with Gasteiger partial charge < -0.3 is 4.74 Å². The minimum Gasteiger partial charge on any atom is -0.377 e. The first kappa shape index (κ1) is 38.7. The number of hydrogen-bond donors (Lipinski definition) is 1. The van der Waals surface area contributed by atoms with Crippen LogP contribution in [0, 0.1) is 5.92 Å². The van der Waals surface area contributed by atoms with Crippen LogP contribution in [0.1, 0.15) is 87.0 Å². The molecule has 248 valence electrons. The van der Waals surface area contributed by atoms with E-state index in [1.54, 1.807) is 14.2 Å². The normalized spacial score (nSPS) is 24.1. The number of hydrogen-bond acceptors (Lipinski definition) is 7. The molecule has 0 bridgehead atoms. The molecule has 1 aliphatic rings. The second kappa shape index (κ2) is 16.9. The summed E-state index contributed by atoms with van der Waals surface area (Å²) in [6.07, 6.45) is 11.5. The number of allylic oxidation sites excluding steroid dienone is 2. The second-order valence-corrected chi connectivity index (χ2v) is 34.3. The van der Waals surface area contributed by atoms with Gasteiger partial charge in [-0.3, -0.25) is 0 Å². The van der Waals surface area contributed by atoms with Gasteiger partial charge in [-0.25, -0.2) is 0 Å². The Kier molecular flexibility index (Phi) is 15.2. The molecular formula is C34H63NO6SiSn. The molecule has 9 heteroatoms. The minimum absolute atomic E-state index is 0.000847. The van der Waals surface area contributed by atoms with Crippen molar-refractivity contribution in [2.45, 2.75) is 143 Å². The molecular weight excluding hydrogens is 665 g/mol. The molecule has 0 aliphatic carbocycles. The molecule has 0 amide bonds. The predicted octanol–water partition coefficient (Wildman–Crippen LogP) is 7.77. The van der Waals surface area contributed by atoms with E-state index in [1.807, 2.05) is 6.26 Å². The van der Waals surface area contributed by atoms with Gasteiger partial charge in [0.2, 0.25) is 0 Å². The number of aliphatic hydroxyl groups is 1. The number of nitrogens with zero attached hydrogens (tertiary/aromatic N) is 1. The quantitative estimate of drug-likeness (QED) is 0.130. The van der Waals surface area contributed by atoms with E-state index in [1.165, 1.54) is 0 Å². The van der Waals surface area contributed by atoms with Gasteiger partial charge in [0, 0.05) is 7.11 Å². The van der Waals surface area contributed by atoms with E-state index in [-0.39, 0.29) is 30.8 Å². The molecule has 1 aromatic heterocycles. The second-order valence-electron chi connectivity index (χ2n) is 14.5. The number of methoxy groups -OCH3 is 2. The van der Waals surface area contributed by atoms with E-state index < -0.39 is 32.5 Å². The Bertz CT molecular complexity index is 1010. The van der Waals surface area contributed by atoms with Crippen LogP contribution in [0.25, 0.3) is 0 Å². The molecule has 0 saturated carbocycles. The van der Waals surface area contributed by atoms with E-state index in [4.69, 9.17) is 28.0 Å². The van der Waals surface area contributed by atoms with Gasteiger partial charge in [0.05, 0.1) is 6.10 Å². The average Bonchev–Trinajstić information content (AvgIpc) is 3.41. The molecule has 5 atom stereocenters. The number of oxazole rings is 1. The zero-order valence-corrected chi connectivity index (χ0v) is 33.4. The van der Waals surface area contributed by atoms with Crippen molar-refractivity contribution in [3.05, 3.63) is 36.0 Å². The summed E-state index contributed by atoms with van der Waals surface area (Å²) in [5.41, 5.74) is 2.36. The number of ether oxygens (including phenoxy) is 3. The van der Waals surface area contributed by atoms with Gasteiger partial charge in [-0.05, 0) is 6.42 Å². The summed E-state index contributed by atoms with van der Waals surface area (Å²) in [6.45, 7) is 18.2. The zero-order valence-electron chi connectivity index (χ0n) is 29.5. The molecule has 0 spiro atoms. The van der Waals surface area contributed by atoms with E-state index in [0.717, 1.165) is 22.1 Å². The third-order valence-corrected chi connectivity index (χ3v) is 20.3. The van der Waals surface area contributed by atoms with Crippen LogP contribution in [0.15, 0.2) is 34.5 Å². The Morgan fingerprint density at radius 1 is 1.14 bits per heavy atom. The van der Waals surface area contributed by atoms with Gasteiger partial charge in [-0.1, -0.05) is 13.3 Å². The first-order valence-corrected chi connectivity index (χ1v) is 28.6. The van der Waals surface area contributed by atoms with Gasteiger partial charge in [0.25, 0.3) is 0 Å². The van der Waals surface area contributed by atoms with E-state index in [2.05, 4.69) is 88.4 Å². The van der Waals surface area contributed by atoms with Crippen molar-refractivity contribution in [2.75, 3.05) is 20.8 Å². The zero-order chi connectivity index (χ0) is 32.6. The average molecular weight is 729 g/mol. The monoisotopic (exact) mass is 729 g/mol. The molecule has 2 rings (SSSR count). The Morgan fingerprint density at radius 3 is 2.23 bits per heavy atom. The summed E-state index contributed by atoms with van der Waals surface area (Å²) in [5, 5.41) is 10.5. The van der Waals surface area contributed by atoms with Crippen molar-refractivity contribution in [1.82, 2.24) is 4.98 Å². The van der Waals surface area contributed by atoms with Crippen molar-refractivity contribution in [3.63, 3.8) is 0 Å². The van der Waals surface area contributed by atoms with Crippen LogP contribution in [0.4, 0.5) is 0 Å². The van der Waals surface area contributed by atoms with Gasteiger partial charge in [0.15, 0.2) is 0 Å². The topological polar surface area (TPSA) is 83.2 Å². The third kappa shape index (κ3) is 10.2. The SMILES string of the molecule is CCC[C@H](/C=C/C(C)=C/[C@@H](O[Si](C(C)C)(C(C)C)C(C)C)[C@H]1C[C@@H](CO)C[C@](Cc2n[c]([Sn]([CH3])([CH3])[CH3])co2)(OC)O1)OC. The molecule has 43 heavy (non-hydrogen) atoms. The fourth-order valence-corrected chi connectivity index (χ4v) is 14.9. The fourth-order valence-electron chi connectivity index (χ4n) is 6.86. The van der Waals surface area contributed by atoms with Gasteiger partial charge in [0.1, 0.15) is 0 Å². The first-order chi connectivity index (χ1) is 20.1. The predicted molar refractivity (Wildman–Crippen MR) is 182 cm³/mol. The van der Waals surface area contributed by atoms with Crippen molar-refractivity contribution in [1.29, 1.82) is 0 Å². The molecule has 2 heterocycles. The summed E-state index contributed by atoms with van der Waals surface area (Å²) in [4.78, 5) is 11.9. The van der Waals surface area contributed by atoms with Crippen LogP contribution in [0.3, 0.4) is 0 Å².